The molecule has 0 aromatic carbocycles. The van der Waals surface area contributed by atoms with E-state index in [0.717, 1.165) is 25.1 Å². The van der Waals surface area contributed by atoms with Crippen molar-refractivity contribution < 1.29 is 4.79 Å². The van der Waals surface area contributed by atoms with Gasteiger partial charge in [-0.05, 0) is 18.8 Å². The molecule has 2 N–H and O–H groups in total. The summed E-state index contributed by atoms with van der Waals surface area (Å²) in [5.74, 6) is 0.526. The van der Waals surface area contributed by atoms with E-state index in [1.807, 2.05) is 14.0 Å². The minimum atomic E-state index is -0.0529. The van der Waals surface area contributed by atoms with Gasteiger partial charge in [-0.2, -0.15) is 5.10 Å². The van der Waals surface area contributed by atoms with E-state index in [4.69, 9.17) is 5.73 Å². The van der Waals surface area contributed by atoms with E-state index in [1.165, 1.54) is 0 Å². The first-order valence-corrected chi connectivity index (χ1v) is 6.45. The molecule has 5 heteroatoms. The highest BCUT2D eigenvalue weighted by Gasteiger charge is 2.21. The van der Waals surface area contributed by atoms with Crippen molar-refractivity contribution in [1.82, 2.24) is 14.7 Å². The molecule has 1 aromatic heterocycles. The van der Waals surface area contributed by atoms with Crippen LogP contribution in [0.25, 0.3) is 0 Å². The van der Waals surface area contributed by atoms with Crippen LogP contribution in [0.15, 0.2) is 0 Å². The Morgan fingerprint density at radius 2 is 2.11 bits per heavy atom. The zero-order valence-corrected chi connectivity index (χ0v) is 12.0. The van der Waals surface area contributed by atoms with Crippen LogP contribution < -0.4 is 5.73 Å². The second kappa shape index (κ2) is 5.89. The maximum absolute atomic E-state index is 12.3. The Morgan fingerprint density at radius 3 is 2.56 bits per heavy atom. The monoisotopic (exact) mass is 252 g/mol. The second-order valence-electron chi connectivity index (χ2n) is 5.10. The van der Waals surface area contributed by atoms with Crippen molar-refractivity contribution in [2.45, 2.75) is 33.6 Å². The smallest absolute Gasteiger partial charge is 0.274 e. The fourth-order valence-corrected chi connectivity index (χ4v) is 1.84. The molecule has 1 heterocycles. The summed E-state index contributed by atoms with van der Waals surface area (Å²) in [5.41, 5.74) is 7.78. The Labute approximate surface area is 109 Å². The SMILES string of the molecule is CCc1nn(C)c(C(=O)N(C)CCC(C)C)c1N. The first-order chi connectivity index (χ1) is 8.38. The van der Waals surface area contributed by atoms with Gasteiger partial charge in [0, 0.05) is 20.6 Å². The van der Waals surface area contributed by atoms with Gasteiger partial charge in [-0.1, -0.05) is 20.8 Å². The Bertz CT molecular complexity index is 423. The maximum atomic E-state index is 12.3. The summed E-state index contributed by atoms with van der Waals surface area (Å²) >= 11 is 0. The highest BCUT2D eigenvalue weighted by Crippen LogP contribution is 2.18. The van der Waals surface area contributed by atoms with Gasteiger partial charge >= 0.3 is 0 Å². The van der Waals surface area contributed by atoms with Gasteiger partial charge in [-0.15, -0.1) is 0 Å². The summed E-state index contributed by atoms with van der Waals surface area (Å²) in [4.78, 5) is 14.0. The van der Waals surface area contributed by atoms with E-state index in [0.29, 0.717) is 17.3 Å². The number of nitrogens with zero attached hydrogens (tertiary/aromatic N) is 3. The molecule has 0 bridgehead atoms. The highest BCUT2D eigenvalue weighted by molar-refractivity contribution is 5.97. The first kappa shape index (κ1) is 14.5. The number of hydrogen-bond acceptors (Lipinski definition) is 3. The largest absolute Gasteiger partial charge is 0.395 e. The lowest BCUT2D eigenvalue weighted by Crippen LogP contribution is -2.30. The number of aromatic nitrogens is 2. The van der Waals surface area contributed by atoms with Crippen LogP contribution in [0.4, 0.5) is 5.69 Å². The van der Waals surface area contributed by atoms with Gasteiger partial charge in [-0.25, -0.2) is 0 Å². The molecule has 0 saturated carbocycles. The number of nitrogen functional groups attached to an aromatic ring is 1. The van der Waals surface area contributed by atoms with Crippen molar-refractivity contribution in [3.8, 4) is 0 Å². The zero-order valence-electron chi connectivity index (χ0n) is 12.0. The predicted octanol–water partition coefficient (Wildman–Crippen LogP) is 1.68. The number of carbonyl (C=O) groups is 1. The summed E-state index contributed by atoms with van der Waals surface area (Å²) in [6, 6.07) is 0. The standard InChI is InChI=1S/C13H24N4O/c1-6-10-11(14)12(17(5)15-10)13(18)16(4)8-7-9(2)3/h9H,6-8,14H2,1-5H3. The van der Waals surface area contributed by atoms with E-state index in [1.54, 1.807) is 16.6 Å². The van der Waals surface area contributed by atoms with Gasteiger partial charge in [0.25, 0.3) is 5.91 Å². The zero-order chi connectivity index (χ0) is 13.9. The van der Waals surface area contributed by atoms with Gasteiger partial charge < -0.3 is 10.6 Å². The fourth-order valence-electron chi connectivity index (χ4n) is 1.84. The Hall–Kier alpha value is -1.52. The van der Waals surface area contributed by atoms with Gasteiger partial charge in [0.1, 0.15) is 5.69 Å². The van der Waals surface area contributed by atoms with Crippen LogP contribution in [-0.2, 0) is 13.5 Å². The van der Waals surface area contributed by atoms with E-state index >= 15 is 0 Å². The quantitative estimate of drug-likeness (QED) is 0.867. The van der Waals surface area contributed by atoms with Crippen LogP contribution >= 0.6 is 0 Å². The number of rotatable bonds is 5. The molecule has 0 fully saturated rings. The van der Waals surface area contributed by atoms with Gasteiger partial charge in [0.2, 0.25) is 0 Å². The molecule has 0 saturated heterocycles. The summed E-state index contributed by atoms with van der Waals surface area (Å²) in [6.07, 6.45) is 1.73. The lowest BCUT2D eigenvalue weighted by atomic mass is 10.1. The van der Waals surface area contributed by atoms with Crippen LogP contribution in [0.5, 0.6) is 0 Å². The number of anilines is 1. The van der Waals surface area contributed by atoms with Crippen molar-refractivity contribution in [1.29, 1.82) is 0 Å². The van der Waals surface area contributed by atoms with Gasteiger partial charge in [0.15, 0.2) is 0 Å². The second-order valence-corrected chi connectivity index (χ2v) is 5.10. The molecule has 1 aromatic rings. The molecular formula is C13H24N4O. The molecule has 0 atom stereocenters. The molecule has 0 radical (unpaired) electrons. The average Bonchev–Trinajstić information content (AvgIpc) is 2.60. The normalized spacial score (nSPS) is 11.0. The minimum Gasteiger partial charge on any atom is -0.395 e. The topological polar surface area (TPSA) is 64.2 Å². The lowest BCUT2D eigenvalue weighted by Gasteiger charge is -2.18. The fraction of sp³-hybridized carbons (Fsp3) is 0.692. The van der Waals surface area contributed by atoms with Gasteiger partial charge in [0.05, 0.1) is 11.4 Å². The summed E-state index contributed by atoms with van der Waals surface area (Å²) in [5, 5.41) is 4.27. The van der Waals surface area contributed by atoms with Crippen LogP contribution in [0.3, 0.4) is 0 Å². The predicted molar refractivity (Wildman–Crippen MR) is 73.4 cm³/mol. The summed E-state index contributed by atoms with van der Waals surface area (Å²) in [7, 11) is 3.57. The third kappa shape index (κ3) is 3.03. The maximum Gasteiger partial charge on any atom is 0.274 e. The van der Waals surface area contributed by atoms with E-state index < -0.39 is 0 Å². The van der Waals surface area contributed by atoms with Gasteiger partial charge in [-0.3, -0.25) is 9.48 Å². The molecular weight excluding hydrogens is 228 g/mol. The molecule has 0 aliphatic heterocycles. The number of carbonyl (C=O) groups excluding carboxylic acids is 1. The van der Waals surface area contributed by atoms with E-state index in [-0.39, 0.29) is 5.91 Å². The molecule has 0 spiro atoms. The molecule has 1 amide bonds. The lowest BCUT2D eigenvalue weighted by molar-refractivity contribution is 0.0779. The molecule has 5 nitrogen and oxygen atoms in total. The van der Waals surface area contributed by atoms with E-state index in [2.05, 4.69) is 18.9 Å². The Kier molecular flexibility index (Phi) is 4.76. The number of amides is 1. The number of nitrogens with two attached hydrogens (primary N) is 1. The van der Waals surface area contributed by atoms with Crippen molar-refractivity contribution in [3.63, 3.8) is 0 Å². The third-order valence-electron chi connectivity index (χ3n) is 3.09. The Balaban J connectivity index is 2.86. The number of aryl methyl sites for hydroxylation is 2. The molecule has 0 aliphatic carbocycles. The molecule has 0 unspecified atom stereocenters. The van der Waals surface area contributed by atoms with Crippen LogP contribution in [-0.4, -0.2) is 34.2 Å². The van der Waals surface area contributed by atoms with Crippen LogP contribution in [0.1, 0.15) is 43.4 Å². The highest BCUT2D eigenvalue weighted by atomic mass is 16.2. The van der Waals surface area contributed by atoms with Crippen molar-refractivity contribution >= 4 is 11.6 Å². The summed E-state index contributed by atoms with van der Waals surface area (Å²) < 4.78 is 1.59. The average molecular weight is 252 g/mol. The first-order valence-electron chi connectivity index (χ1n) is 6.45. The van der Waals surface area contributed by atoms with E-state index in [9.17, 15) is 4.79 Å². The molecule has 18 heavy (non-hydrogen) atoms. The van der Waals surface area contributed by atoms with Crippen LogP contribution in [0.2, 0.25) is 0 Å². The third-order valence-corrected chi connectivity index (χ3v) is 3.09. The van der Waals surface area contributed by atoms with Crippen molar-refractivity contribution in [2.75, 3.05) is 19.3 Å². The molecule has 1 rings (SSSR count). The summed E-state index contributed by atoms with van der Waals surface area (Å²) in [6.45, 7) is 7.01. The van der Waals surface area contributed by atoms with Crippen molar-refractivity contribution in [3.05, 3.63) is 11.4 Å². The Morgan fingerprint density at radius 1 is 1.50 bits per heavy atom. The van der Waals surface area contributed by atoms with Crippen LogP contribution in [0, 0.1) is 5.92 Å². The molecule has 102 valence electrons. The molecule has 0 aliphatic rings. The number of hydrogen-bond donors (Lipinski definition) is 1. The van der Waals surface area contributed by atoms with Crippen molar-refractivity contribution in [2.24, 2.45) is 13.0 Å². The minimum absolute atomic E-state index is 0.0529.